The largest absolute Gasteiger partial charge is 0.337 e. The molecule has 0 radical (unpaired) electrons. The highest BCUT2D eigenvalue weighted by Gasteiger charge is 2.22. The number of nitrogens with one attached hydrogen (secondary N) is 4. The smallest absolute Gasteiger partial charge is 0.227 e. The number of anilines is 1. The van der Waals surface area contributed by atoms with Crippen molar-refractivity contribution < 1.29 is 17.6 Å². The van der Waals surface area contributed by atoms with E-state index in [1.807, 2.05) is 30.3 Å². The molecule has 1 aliphatic carbocycles. The number of imidazole rings is 1. The number of para-hydroxylation sites is 1. The summed E-state index contributed by atoms with van der Waals surface area (Å²) in [4.78, 5) is 30.0. The number of pyridine rings is 2. The van der Waals surface area contributed by atoms with Crippen LogP contribution in [-0.2, 0) is 21.4 Å². The molecule has 1 aliphatic rings. The zero-order chi connectivity index (χ0) is 31.8. The minimum atomic E-state index is -3.44. The number of carbonyl (C=O) groups is 1. The van der Waals surface area contributed by atoms with Crippen LogP contribution in [0.25, 0.3) is 55.8 Å². The Hall–Kier alpha value is -5.01. The van der Waals surface area contributed by atoms with Gasteiger partial charge in [0.25, 0.3) is 0 Å². The van der Waals surface area contributed by atoms with E-state index in [9.17, 15) is 17.6 Å². The van der Waals surface area contributed by atoms with E-state index in [0.717, 1.165) is 48.4 Å². The van der Waals surface area contributed by atoms with Crippen LogP contribution < -0.4 is 10.0 Å². The average molecular weight is 639 g/mol. The fraction of sp³-hybridized carbons (Fsp3) is 0.242. The summed E-state index contributed by atoms with van der Waals surface area (Å²) in [6, 6.07) is 13.8. The first-order valence-electron chi connectivity index (χ1n) is 15.0. The number of aromatic amines is 2. The normalized spacial score (nSPS) is 14.2. The summed E-state index contributed by atoms with van der Waals surface area (Å²) < 4.78 is 40.2. The molecular weight excluding hydrogens is 607 g/mol. The van der Waals surface area contributed by atoms with Gasteiger partial charge >= 0.3 is 0 Å². The minimum Gasteiger partial charge on any atom is -0.337 e. The fourth-order valence-electron chi connectivity index (χ4n) is 6.01. The van der Waals surface area contributed by atoms with Crippen LogP contribution in [-0.4, -0.2) is 50.7 Å². The topological polar surface area (TPSA) is 158 Å². The molecule has 1 amide bonds. The van der Waals surface area contributed by atoms with Gasteiger partial charge in [-0.05, 0) is 60.4 Å². The third-order valence-corrected chi connectivity index (χ3v) is 8.94. The Bertz CT molecular complexity index is 2210. The standard InChI is InChI=1S/C33H31FN8O3S/c1-46(44,45)37-15-19-10-21(12-23(34)11-19)25-8-5-9-27-30(25)40-32(39-27)31-26-14-28(36-18-29(26)41-42-31)22-13-24(17-35-16-22)38-33(43)20-6-3-2-4-7-20/h5,8-14,16-18,20,37H,2-4,6-7,15H2,1H3,(H,38,43)(H,39,40)(H,41,42). The lowest BCUT2D eigenvalue weighted by molar-refractivity contribution is -0.120. The Kier molecular flexibility index (Phi) is 7.79. The third-order valence-electron chi connectivity index (χ3n) is 8.27. The van der Waals surface area contributed by atoms with E-state index in [-0.39, 0.29) is 18.4 Å². The number of aromatic nitrogens is 6. The van der Waals surface area contributed by atoms with Crippen molar-refractivity contribution >= 4 is 43.6 Å². The molecule has 0 saturated heterocycles. The summed E-state index contributed by atoms with van der Waals surface area (Å²) in [5, 5.41) is 11.4. The minimum absolute atomic E-state index is 0.0310. The number of carbonyl (C=O) groups excluding carboxylic acids is 1. The molecule has 1 saturated carbocycles. The number of halogens is 1. The molecule has 2 aromatic carbocycles. The molecule has 0 atom stereocenters. The molecular formula is C33H31FN8O3S. The summed E-state index contributed by atoms with van der Waals surface area (Å²) in [7, 11) is -3.44. The van der Waals surface area contributed by atoms with E-state index in [1.54, 1.807) is 24.7 Å². The van der Waals surface area contributed by atoms with Gasteiger partial charge in [0.1, 0.15) is 11.5 Å². The summed E-state index contributed by atoms with van der Waals surface area (Å²) in [6.07, 6.45) is 11.3. The van der Waals surface area contributed by atoms with Gasteiger partial charge in [0.2, 0.25) is 15.9 Å². The fourth-order valence-corrected chi connectivity index (χ4v) is 6.44. The number of hydrogen-bond donors (Lipinski definition) is 4. The molecule has 1 fully saturated rings. The monoisotopic (exact) mass is 638 g/mol. The predicted octanol–water partition coefficient (Wildman–Crippen LogP) is 5.94. The molecule has 4 heterocycles. The number of benzene rings is 2. The first-order valence-corrected chi connectivity index (χ1v) is 16.9. The van der Waals surface area contributed by atoms with E-state index in [4.69, 9.17) is 4.98 Å². The van der Waals surface area contributed by atoms with Crippen LogP contribution in [0.3, 0.4) is 0 Å². The molecule has 0 unspecified atom stereocenters. The first kappa shape index (κ1) is 29.7. The lowest BCUT2D eigenvalue weighted by atomic mass is 9.88. The number of fused-ring (bicyclic) bond motifs is 2. The number of sulfonamides is 1. The number of hydrogen-bond acceptors (Lipinski definition) is 7. The second-order valence-corrected chi connectivity index (χ2v) is 13.5. The number of nitrogens with zero attached hydrogens (tertiary/aromatic N) is 4. The first-order chi connectivity index (χ1) is 22.2. The Labute approximate surface area is 264 Å². The van der Waals surface area contributed by atoms with Gasteiger partial charge in [-0.25, -0.2) is 22.5 Å². The SMILES string of the molecule is CS(=O)(=O)NCc1cc(F)cc(-c2cccc3[nH]c(-c4n[nH]c5cnc(-c6cncc(NC(=O)C7CCCCC7)c6)cc45)nc23)c1. The summed E-state index contributed by atoms with van der Waals surface area (Å²) in [5.41, 5.74) is 6.38. The van der Waals surface area contributed by atoms with Crippen molar-refractivity contribution in [1.29, 1.82) is 0 Å². The number of rotatable bonds is 8. The van der Waals surface area contributed by atoms with Crippen molar-refractivity contribution in [2.24, 2.45) is 5.92 Å². The van der Waals surface area contributed by atoms with Crippen LogP contribution in [0.2, 0.25) is 0 Å². The molecule has 0 spiro atoms. The molecule has 6 aromatic rings. The van der Waals surface area contributed by atoms with Crippen LogP contribution in [0.15, 0.2) is 67.1 Å². The highest BCUT2D eigenvalue weighted by atomic mass is 32.2. The van der Waals surface area contributed by atoms with E-state index in [2.05, 4.69) is 35.2 Å². The number of H-pyrrole nitrogens is 2. The van der Waals surface area contributed by atoms with Crippen molar-refractivity contribution in [3.63, 3.8) is 0 Å². The van der Waals surface area contributed by atoms with Gasteiger partial charge in [0.15, 0.2) is 5.82 Å². The highest BCUT2D eigenvalue weighted by molar-refractivity contribution is 7.88. The van der Waals surface area contributed by atoms with Gasteiger partial charge in [-0.1, -0.05) is 31.4 Å². The van der Waals surface area contributed by atoms with Gasteiger partial charge in [-0.2, -0.15) is 5.10 Å². The molecule has 46 heavy (non-hydrogen) atoms. The van der Waals surface area contributed by atoms with Crippen LogP contribution in [0.5, 0.6) is 0 Å². The van der Waals surface area contributed by atoms with Gasteiger partial charge in [0, 0.05) is 35.2 Å². The van der Waals surface area contributed by atoms with Crippen LogP contribution in [0, 0.1) is 11.7 Å². The van der Waals surface area contributed by atoms with Crippen molar-refractivity contribution in [2.75, 3.05) is 11.6 Å². The van der Waals surface area contributed by atoms with Gasteiger partial charge in [-0.15, -0.1) is 0 Å². The van der Waals surface area contributed by atoms with Crippen molar-refractivity contribution in [2.45, 2.75) is 38.6 Å². The van der Waals surface area contributed by atoms with E-state index in [0.29, 0.717) is 50.6 Å². The predicted molar refractivity (Wildman–Crippen MR) is 174 cm³/mol. The average Bonchev–Trinajstić information content (AvgIpc) is 3.68. The zero-order valence-electron chi connectivity index (χ0n) is 25.0. The highest BCUT2D eigenvalue weighted by Crippen LogP contribution is 2.34. The second-order valence-electron chi connectivity index (χ2n) is 11.7. The summed E-state index contributed by atoms with van der Waals surface area (Å²) >= 11 is 0. The summed E-state index contributed by atoms with van der Waals surface area (Å²) in [6.45, 7) is -0.0354. The lowest BCUT2D eigenvalue weighted by Gasteiger charge is -2.20. The van der Waals surface area contributed by atoms with Crippen LogP contribution in [0.4, 0.5) is 10.1 Å². The molecule has 0 bridgehead atoms. The molecule has 4 N–H and O–H groups in total. The van der Waals surface area contributed by atoms with Gasteiger partial charge in [-0.3, -0.25) is 19.9 Å². The third kappa shape index (κ3) is 6.24. The maximum Gasteiger partial charge on any atom is 0.227 e. The van der Waals surface area contributed by atoms with Gasteiger partial charge < -0.3 is 10.3 Å². The Balaban J connectivity index is 1.21. The lowest BCUT2D eigenvalue weighted by Crippen LogP contribution is -2.24. The van der Waals surface area contributed by atoms with Gasteiger partial charge in [0.05, 0.1) is 46.6 Å². The van der Waals surface area contributed by atoms with Crippen LogP contribution in [0.1, 0.15) is 37.7 Å². The Morgan fingerprint density at radius 3 is 2.67 bits per heavy atom. The van der Waals surface area contributed by atoms with Crippen LogP contribution >= 0.6 is 0 Å². The number of amides is 1. The molecule has 13 heteroatoms. The molecule has 7 rings (SSSR count). The Morgan fingerprint density at radius 2 is 1.85 bits per heavy atom. The second kappa shape index (κ2) is 12.1. The zero-order valence-corrected chi connectivity index (χ0v) is 25.8. The van der Waals surface area contributed by atoms with E-state index < -0.39 is 15.8 Å². The maximum absolute atomic E-state index is 14.6. The quantitative estimate of drug-likeness (QED) is 0.161. The Morgan fingerprint density at radius 1 is 1.00 bits per heavy atom. The van der Waals surface area contributed by atoms with Crippen molar-refractivity contribution in [1.82, 2.24) is 34.9 Å². The molecule has 0 aliphatic heterocycles. The maximum atomic E-state index is 14.6. The molecule has 4 aromatic heterocycles. The van der Waals surface area contributed by atoms with Crippen molar-refractivity contribution in [3.8, 4) is 33.9 Å². The molecule has 11 nitrogen and oxygen atoms in total. The summed E-state index contributed by atoms with van der Waals surface area (Å²) in [5.74, 6) is 0.0851. The van der Waals surface area contributed by atoms with Crippen molar-refractivity contribution in [3.05, 3.63) is 78.5 Å². The molecule has 234 valence electrons. The van der Waals surface area contributed by atoms with E-state index in [1.165, 1.54) is 18.6 Å². The van der Waals surface area contributed by atoms with E-state index >= 15 is 0 Å².